The summed E-state index contributed by atoms with van der Waals surface area (Å²) in [5.74, 6) is 1.54. The molecule has 0 saturated carbocycles. The Bertz CT molecular complexity index is 1060. The number of fused-ring (bicyclic) bond motifs is 2. The maximum atomic E-state index is 12.5. The molecule has 0 unspecified atom stereocenters. The van der Waals surface area contributed by atoms with E-state index in [0.717, 1.165) is 62.5 Å². The first kappa shape index (κ1) is 17.5. The van der Waals surface area contributed by atoms with Crippen molar-refractivity contribution in [3.8, 4) is 0 Å². The van der Waals surface area contributed by atoms with E-state index in [2.05, 4.69) is 34.7 Å². The Hall–Kier alpha value is -2.63. The number of rotatable bonds is 3. The third-order valence-corrected chi connectivity index (χ3v) is 6.37. The van der Waals surface area contributed by atoms with Crippen molar-refractivity contribution < 1.29 is 0 Å². The zero-order valence-electron chi connectivity index (χ0n) is 16.5. The molecule has 2 aromatic heterocycles. The standard InChI is InChI=1S/C22H27N5O/c1-25-20-9-5-4-8-19(20)23-22(25)26-12-10-16(11-13-26)15-27-21(28)14-17-6-2-3-7-18(17)24-27/h4-5,8-9,14,16H,2-3,6-7,10-13,15H2,1H3. The Morgan fingerprint density at radius 3 is 2.71 bits per heavy atom. The molecule has 3 heterocycles. The molecule has 1 fully saturated rings. The second kappa shape index (κ2) is 7.08. The minimum Gasteiger partial charge on any atom is -0.342 e. The first-order valence-corrected chi connectivity index (χ1v) is 10.5. The molecular weight excluding hydrogens is 350 g/mol. The zero-order chi connectivity index (χ0) is 19.1. The molecule has 0 radical (unpaired) electrons. The van der Waals surface area contributed by atoms with Gasteiger partial charge in [0.25, 0.3) is 5.56 Å². The molecule has 146 valence electrons. The summed E-state index contributed by atoms with van der Waals surface area (Å²) in [5, 5.41) is 4.70. The van der Waals surface area contributed by atoms with E-state index in [1.54, 1.807) is 4.68 Å². The smallest absolute Gasteiger partial charge is 0.267 e. The van der Waals surface area contributed by atoms with Crippen molar-refractivity contribution in [2.45, 2.75) is 45.1 Å². The third kappa shape index (κ3) is 3.11. The second-order valence-corrected chi connectivity index (χ2v) is 8.23. The van der Waals surface area contributed by atoms with Crippen LogP contribution in [0.1, 0.15) is 36.9 Å². The maximum absolute atomic E-state index is 12.5. The summed E-state index contributed by atoms with van der Waals surface area (Å²) in [4.78, 5) is 19.7. The molecule has 1 aliphatic carbocycles. The number of hydrogen-bond donors (Lipinski definition) is 0. The van der Waals surface area contributed by atoms with Crippen molar-refractivity contribution in [2.75, 3.05) is 18.0 Å². The fraction of sp³-hybridized carbons (Fsp3) is 0.500. The van der Waals surface area contributed by atoms with E-state index >= 15 is 0 Å². The zero-order valence-corrected chi connectivity index (χ0v) is 16.5. The van der Waals surface area contributed by atoms with Crippen LogP contribution in [0.2, 0.25) is 0 Å². The van der Waals surface area contributed by atoms with E-state index in [0.29, 0.717) is 5.92 Å². The van der Waals surface area contributed by atoms with Gasteiger partial charge in [-0.15, -0.1) is 0 Å². The molecule has 0 spiro atoms. The van der Waals surface area contributed by atoms with Gasteiger partial charge in [-0.2, -0.15) is 5.10 Å². The van der Waals surface area contributed by atoms with Crippen molar-refractivity contribution in [3.05, 3.63) is 51.9 Å². The number of benzene rings is 1. The number of para-hydroxylation sites is 2. The molecule has 6 nitrogen and oxygen atoms in total. The lowest BCUT2D eigenvalue weighted by Crippen LogP contribution is -2.38. The molecule has 5 rings (SSSR count). The SMILES string of the molecule is Cn1c(N2CCC(Cn3nc4c(cc3=O)CCCC4)CC2)nc2ccccc21. The summed E-state index contributed by atoms with van der Waals surface area (Å²) < 4.78 is 3.91. The lowest BCUT2D eigenvalue weighted by Gasteiger charge is -2.32. The normalized spacial score (nSPS) is 17.8. The summed E-state index contributed by atoms with van der Waals surface area (Å²) in [5.41, 5.74) is 4.60. The summed E-state index contributed by atoms with van der Waals surface area (Å²) in [6, 6.07) is 10.1. The molecule has 2 aliphatic rings. The molecule has 1 aromatic carbocycles. The fourth-order valence-electron chi connectivity index (χ4n) is 4.71. The van der Waals surface area contributed by atoms with Crippen LogP contribution >= 0.6 is 0 Å². The maximum Gasteiger partial charge on any atom is 0.267 e. The molecule has 3 aromatic rings. The number of nitrogens with zero attached hydrogens (tertiary/aromatic N) is 5. The Labute approximate surface area is 164 Å². The average molecular weight is 377 g/mol. The fourth-order valence-corrected chi connectivity index (χ4v) is 4.71. The molecule has 0 atom stereocenters. The first-order valence-electron chi connectivity index (χ1n) is 10.5. The highest BCUT2D eigenvalue weighted by molar-refractivity contribution is 5.78. The number of imidazole rings is 1. The predicted molar refractivity (Wildman–Crippen MR) is 111 cm³/mol. The molecular formula is C22H27N5O. The summed E-state index contributed by atoms with van der Waals surface area (Å²) in [7, 11) is 2.09. The Kier molecular flexibility index (Phi) is 4.41. The van der Waals surface area contributed by atoms with Crippen LogP contribution in [0.5, 0.6) is 0 Å². The van der Waals surface area contributed by atoms with Crippen molar-refractivity contribution in [3.63, 3.8) is 0 Å². The van der Waals surface area contributed by atoms with E-state index in [-0.39, 0.29) is 5.56 Å². The van der Waals surface area contributed by atoms with Crippen molar-refractivity contribution in [2.24, 2.45) is 13.0 Å². The van der Waals surface area contributed by atoms with Crippen LogP contribution in [-0.4, -0.2) is 32.4 Å². The number of aromatic nitrogens is 4. The number of aryl methyl sites for hydroxylation is 3. The van der Waals surface area contributed by atoms with Crippen LogP contribution in [0.4, 0.5) is 5.95 Å². The highest BCUT2D eigenvalue weighted by Gasteiger charge is 2.24. The number of piperidine rings is 1. The van der Waals surface area contributed by atoms with Crippen molar-refractivity contribution in [1.29, 1.82) is 0 Å². The van der Waals surface area contributed by atoms with Gasteiger partial charge in [0, 0.05) is 32.7 Å². The Morgan fingerprint density at radius 1 is 1.11 bits per heavy atom. The van der Waals surface area contributed by atoms with Gasteiger partial charge in [0.2, 0.25) is 5.95 Å². The van der Waals surface area contributed by atoms with Crippen LogP contribution in [0.25, 0.3) is 11.0 Å². The Balaban J connectivity index is 1.28. The molecule has 6 heteroatoms. The second-order valence-electron chi connectivity index (χ2n) is 8.23. The minimum atomic E-state index is 0.0680. The molecule has 28 heavy (non-hydrogen) atoms. The molecule has 0 amide bonds. The summed E-state index contributed by atoms with van der Waals surface area (Å²) >= 11 is 0. The van der Waals surface area contributed by atoms with Gasteiger partial charge in [0.1, 0.15) is 0 Å². The van der Waals surface area contributed by atoms with Gasteiger partial charge in [0.05, 0.1) is 16.7 Å². The van der Waals surface area contributed by atoms with Gasteiger partial charge in [-0.05, 0) is 62.1 Å². The van der Waals surface area contributed by atoms with E-state index in [1.807, 2.05) is 12.1 Å². The van der Waals surface area contributed by atoms with Gasteiger partial charge in [-0.3, -0.25) is 4.79 Å². The molecule has 0 N–H and O–H groups in total. The molecule has 1 saturated heterocycles. The van der Waals surface area contributed by atoms with Gasteiger partial charge >= 0.3 is 0 Å². The van der Waals surface area contributed by atoms with Gasteiger partial charge in [-0.1, -0.05) is 12.1 Å². The first-order chi connectivity index (χ1) is 13.7. The summed E-state index contributed by atoms with van der Waals surface area (Å²) in [6.07, 6.45) is 6.52. The molecule has 0 bridgehead atoms. The van der Waals surface area contributed by atoms with Crippen molar-refractivity contribution in [1.82, 2.24) is 19.3 Å². The Morgan fingerprint density at radius 2 is 1.89 bits per heavy atom. The quantitative estimate of drug-likeness (QED) is 0.704. The average Bonchev–Trinajstić information content (AvgIpc) is 3.06. The largest absolute Gasteiger partial charge is 0.342 e. The van der Waals surface area contributed by atoms with Crippen LogP contribution in [0, 0.1) is 5.92 Å². The van der Waals surface area contributed by atoms with Gasteiger partial charge in [-0.25, -0.2) is 9.67 Å². The van der Waals surface area contributed by atoms with Crippen LogP contribution in [-0.2, 0) is 26.4 Å². The van der Waals surface area contributed by atoms with E-state index < -0.39 is 0 Å². The van der Waals surface area contributed by atoms with Crippen LogP contribution in [0.15, 0.2) is 35.1 Å². The lowest BCUT2D eigenvalue weighted by molar-refractivity contribution is 0.330. The van der Waals surface area contributed by atoms with Gasteiger partial charge in [0.15, 0.2) is 0 Å². The number of hydrogen-bond acceptors (Lipinski definition) is 4. The van der Waals surface area contributed by atoms with Gasteiger partial charge < -0.3 is 9.47 Å². The third-order valence-electron chi connectivity index (χ3n) is 6.37. The predicted octanol–water partition coefficient (Wildman–Crippen LogP) is 2.93. The number of anilines is 1. The highest BCUT2D eigenvalue weighted by atomic mass is 16.1. The lowest BCUT2D eigenvalue weighted by atomic mass is 9.96. The summed E-state index contributed by atoms with van der Waals surface area (Å²) in [6.45, 7) is 2.69. The monoisotopic (exact) mass is 377 g/mol. The topological polar surface area (TPSA) is 56.0 Å². The van der Waals surface area contributed by atoms with E-state index in [4.69, 9.17) is 10.1 Å². The van der Waals surface area contributed by atoms with Crippen molar-refractivity contribution >= 4 is 17.0 Å². The highest BCUT2D eigenvalue weighted by Crippen LogP contribution is 2.26. The minimum absolute atomic E-state index is 0.0680. The van der Waals surface area contributed by atoms with Crippen LogP contribution < -0.4 is 10.5 Å². The molecule has 1 aliphatic heterocycles. The van der Waals surface area contributed by atoms with E-state index in [1.165, 1.54) is 23.9 Å². The van der Waals surface area contributed by atoms with E-state index in [9.17, 15) is 4.79 Å². The van der Waals surface area contributed by atoms with Crippen LogP contribution in [0.3, 0.4) is 0 Å².